The van der Waals surface area contributed by atoms with Gasteiger partial charge in [-0.25, -0.2) is 0 Å². The maximum atomic E-state index is 9.56. The van der Waals surface area contributed by atoms with Gasteiger partial charge in [0.05, 0.1) is 11.0 Å². The molecule has 1 aromatic carbocycles. The first kappa shape index (κ1) is 13.1. The molecule has 0 amide bonds. The lowest BCUT2D eigenvalue weighted by Gasteiger charge is -2.34. The van der Waals surface area contributed by atoms with Crippen molar-refractivity contribution in [1.82, 2.24) is 10.2 Å². The Morgan fingerprint density at radius 2 is 2.05 bits per heavy atom. The van der Waals surface area contributed by atoms with Crippen molar-refractivity contribution < 1.29 is 4.74 Å². The number of H-pyrrole nitrogens is 1. The van der Waals surface area contributed by atoms with Crippen LogP contribution in [0.25, 0.3) is 0 Å². The number of aromatic nitrogens is 2. The molecule has 6 heteroatoms. The van der Waals surface area contributed by atoms with E-state index in [0.29, 0.717) is 17.1 Å². The van der Waals surface area contributed by atoms with E-state index in [0.717, 1.165) is 16.8 Å². The predicted molar refractivity (Wildman–Crippen MR) is 78.1 cm³/mol. The monoisotopic (exact) mass is 281 g/mol. The first-order chi connectivity index (χ1) is 10.00. The minimum atomic E-state index is -0.797. The number of nitrogens with two attached hydrogens (primary N) is 2. The molecule has 6 nitrogen and oxygen atoms in total. The molecule has 1 aromatic heterocycles. The number of hydrogen-bond donors (Lipinski definition) is 3. The summed E-state index contributed by atoms with van der Waals surface area (Å²) in [6.45, 7) is 3.79. The fraction of sp³-hybridized carbons (Fsp3) is 0.200. The highest BCUT2D eigenvalue weighted by Gasteiger charge is 2.45. The normalized spacial score (nSPS) is 20.6. The topological polar surface area (TPSA) is 114 Å². The Morgan fingerprint density at radius 3 is 2.71 bits per heavy atom. The average Bonchev–Trinajstić information content (AvgIpc) is 2.81. The van der Waals surface area contributed by atoms with Crippen LogP contribution in [0.4, 0.5) is 5.69 Å². The number of ether oxygens (including phenoxy) is 1. The summed E-state index contributed by atoms with van der Waals surface area (Å²) in [5, 5.41) is 16.6. The second-order valence-electron chi connectivity index (χ2n) is 5.19. The van der Waals surface area contributed by atoms with Crippen LogP contribution < -0.4 is 16.2 Å². The number of nitriles is 1. The quantitative estimate of drug-likeness (QED) is 0.688. The smallest absolute Gasteiger partial charge is 0.244 e. The van der Waals surface area contributed by atoms with Gasteiger partial charge in [-0.1, -0.05) is 18.2 Å². The van der Waals surface area contributed by atoms with Gasteiger partial charge < -0.3 is 16.2 Å². The zero-order chi connectivity index (χ0) is 15.2. The van der Waals surface area contributed by atoms with Crippen LogP contribution >= 0.6 is 0 Å². The van der Waals surface area contributed by atoms with Gasteiger partial charge in [-0.2, -0.15) is 5.26 Å². The summed E-state index contributed by atoms with van der Waals surface area (Å²) in [5.74, 6) is 0.442. The number of benzene rings is 1. The van der Waals surface area contributed by atoms with Crippen LogP contribution in [0.15, 0.2) is 35.7 Å². The lowest BCUT2D eigenvalue weighted by atomic mass is 9.69. The third kappa shape index (κ3) is 1.61. The number of fused-ring (bicyclic) bond motifs is 1. The third-order valence-electron chi connectivity index (χ3n) is 3.98. The second-order valence-corrected chi connectivity index (χ2v) is 5.19. The first-order valence-electron chi connectivity index (χ1n) is 6.48. The number of para-hydroxylation sites is 1. The van der Waals surface area contributed by atoms with E-state index < -0.39 is 5.41 Å². The molecular weight excluding hydrogens is 266 g/mol. The van der Waals surface area contributed by atoms with Crippen molar-refractivity contribution in [3.63, 3.8) is 0 Å². The molecule has 0 fully saturated rings. The summed E-state index contributed by atoms with van der Waals surface area (Å²) in [6, 6.07) is 9.59. The van der Waals surface area contributed by atoms with E-state index in [4.69, 9.17) is 16.2 Å². The first-order valence-corrected chi connectivity index (χ1v) is 6.48. The van der Waals surface area contributed by atoms with Crippen molar-refractivity contribution in [2.75, 3.05) is 5.73 Å². The zero-order valence-corrected chi connectivity index (χ0v) is 11.8. The molecule has 1 unspecified atom stereocenters. The SMILES string of the molecule is Cc1[nH]nc2c1C(C)(c1ccccc1N)C(C#N)=C(N)O2. The van der Waals surface area contributed by atoms with Gasteiger partial charge in [-0.15, -0.1) is 5.10 Å². The highest BCUT2D eigenvalue weighted by Crippen LogP contribution is 2.48. The van der Waals surface area contributed by atoms with Crippen molar-refractivity contribution in [3.05, 3.63) is 52.5 Å². The van der Waals surface area contributed by atoms with Crippen LogP contribution in [0.1, 0.15) is 23.7 Å². The molecule has 1 aliphatic heterocycles. The summed E-state index contributed by atoms with van der Waals surface area (Å²) in [6.07, 6.45) is 0. The van der Waals surface area contributed by atoms with Crippen molar-refractivity contribution >= 4 is 5.69 Å². The van der Waals surface area contributed by atoms with Crippen LogP contribution in [-0.2, 0) is 5.41 Å². The summed E-state index contributed by atoms with van der Waals surface area (Å²) in [7, 11) is 0. The average molecular weight is 281 g/mol. The van der Waals surface area contributed by atoms with E-state index in [1.165, 1.54) is 0 Å². The van der Waals surface area contributed by atoms with Gasteiger partial charge in [0.1, 0.15) is 11.6 Å². The van der Waals surface area contributed by atoms with E-state index >= 15 is 0 Å². The summed E-state index contributed by atoms with van der Waals surface area (Å²) in [4.78, 5) is 0. The van der Waals surface area contributed by atoms with Crippen molar-refractivity contribution in [1.29, 1.82) is 5.26 Å². The summed E-state index contributed by atoms with van der Waals surface area (Å²) >= 11 is 0. The van der Waals surface area contributed by atoms with Crippen LogP contribution in [-0.4, -0.2) is 10.2 Å². The molecule has 3 rings (SSSR count). The van der Waals surface area contributed by atoms with Crippen molar-refractivity contribution in [2.45, 2.75) is 19.3 Å². The van der Waals surface area contributed by atoms with Crippen molar-refractivity contribution in [3.8, 4) is 11.9 Å². The number of hydrogen-bond acceptors (Lipinski definition) is 5. The molecule has 1 aliphatic rings. The van der Waals surface area contributed by atoms with Gasteiger partial charge in [0.2, 0.25) is 11.8 Å². The summed E-state index contributed by atoms with van der Waals surface area (Å²) < 4.78 is 5.46. The number of aromatic amines is 1. The Labute approximate surface area is 122 Å². The van der Waals surface area contributed by atoms with E-state index in [-0.39, 0.29) is 5.88 Å². The third-order valence-corrected chi connectivity index (χ3v) is 3.98. The minimum absolute atomic E-state index is 0.0576. The fourth-order valence-electron chi connectivity index (χ4n) is 2.98. The largest absolute Gasteiger partial charge is 0.420 e. The Kier molecular flexibility index (Phi) is 2.66. The second kappa shape index (κ2) is 4.28. The van der Waals surface area contributed by atoms with Gasteiger partial charge in [-0.3, -0.25) is 5.10 Å². The maximum absolute atomic E-state index is 9.56. The van der Waals surface area contributed by atoms with Crippen LogP contribution in [0.2, 0.25) is 0 Å². The molecule has 0 radical (unpaired) electrons. The maximum Gasteiger partial charge on any atom is 0.244 e. The molecule has 1 atom stereocenters. The lowest BCUT2D eigenvalue weighted by Crippen LogP contribution is -2.35. The molecule has 0 saturated heterocycles. The summed E-state index contributed by atoms with van der Waals surface area (Å²) in [5.41, 5.74) is 14.6. The van der Waals surface area contributed by atoms with E-state index in [1.807, 2.05) is 32.0 Å². The number of nitrogen functional groups attached to an aromatic ring is 1. The van der Waals surface area contributed by atoms with Gasteiger partial charge in [-0.05, 0) is 25.5 Å². The fourth-order valence-corrected chi connectivity index (χ4v) is 2.98. The molecule has 2 aromatic rings. The Hall–Kier alpha value is -2.94. The van der Waals surface area contributed by atoms with Crippen LogP contribution in [0.5, 0.6) is 5.88 Å². The predicted octanol–water partition coefficient (Wildman–Crippen LogP) is 1.69. The van der Waals surface area contributed by atoms with E-state index in [2.05, 4.69) is 16.3 Å². The molecule has 0 spiro atoms. The highest BCUT2D eigenvalue weighted by molar-refractivity contribution is 5.66. The highest BCUT2D eigenvalue weighted by atomic mass is 16.5. The molecular formula is C15H15N5O. The van der Waals surface area contributed by atoms with Gasteiger partial charge in [0.15, 0.2) is 0 Å². The number of nitrogens with one attached hydrogen (secondary N) is 1. The molecule has 0 bridgehead atoms. The van der Waals surface area contributed by atoms with Crippen LogP contribution in [0.3, 0.4) is 0 Å². The zero-order valence-electron chi connectivity index (χ0n) is 11.8. The van der Waals surface area contributed by atoms with E-state index in [9.17, 15) is 5.26 Å². The van der Waals surface area contributed by atoms with E-state index in [1.54, 1.807) is 6.07 Å². The molecule has 5 N–H and O–H groups in total. The molecule has 0 saturated carbocycles. The molecule has 0 aliphatic carbocycles. The minimum Gasteiger partial charge on any atom is -0.420 e. The molecule has 21 heavy (non-hydrogen) atoms. The Balaban J connectivity index is 2.40. The lowest BCUT2D eigenvalue weighted by molar-refractivity contribution is 0.362. The Morgan fingerprint density at radius 1 is 1.33 bits per heavy atom. The standard InChI is InChI=1S/C15H15N5O/c1-8-12-14(20-19-8)21-13(18)10(7-16)15(12,2)9-5-3-4-6-11(9)17/h3-6H,17-18H2,1-2H3,(H,19,20). The van der Waals surface area contributed by atoms with Gasteiger partial charge in [0, 0.05) is 11.4 Å². The number of aryl methyl sites for hydroxylation is 1. The molecule has 2 heterocycles. The van der Waals surface area contributed by atoms with Gasteiger partial charge >= 0.3 is 0 Å². The number of anilines is 1. The number of allylic oxidation sites excluding steroid dienone is 1. The number of nitrogens with zero attached hydrogens (tertiary/aromatic N) is 2. The molecule has 106 valence electrons. The van der Waals surface area contributed by atoms with Crippen LogP contribution in [0, 0.1) is 18.3 Å². The van der Waals surface area contributed by atoms with Gasteiger partial charge in [0.25, 0.3) is 0 Å². The van der Waals surface area contributed by atoms with Crippen molar-refractivity contribution in [2.24, 2.45) is 5.73 Å². The number of rotatable bonds is 1. The Bertz CT molecular complexity index is 799.